The minimum Gasteiger partial charge on any atom is -0.477 e. The van der Waals surface area contributed by atoms with Crippen molar-refractivity contribution in [2.24, 2.45) is 7.05 Å². The Hall–Kier alpha value is -3.12. The molecule has 0 aliphatic rings. The maximum absolute atomic E-state index is 11.2. The Bertz CT molecular complexity index is 1180. The average molecular weight is 381 g/mol. The standard InChI is InChI=1S/C20H17ClN4O2/c1-12-17(9-14-4-3-5-18(23-14)20(26)27)16-7-6-13(21)8-19(16)25(12)15-10-22-24(2)11-15/h3-8,10-11H,9H2,1-2H3,(H,26,27). The molecule has 0 amide bonds. The smallest absolute Gasteiger partial charge is 0.354 e. The van der Waals surface area contributed by atoms with Crippen molar-refractivity contribution in [1.29, 1.82) is 0 Å². The molecule has 0 fully saturated rings. The van der Waals surface area contributed by atoms with Gasteiger partial charge in [0.05, 0.1) is 17.4 Å². The molecular weight excluding hydrogens is 364 g/mol. The molecule has 27 heavy (non-hydrogen) atoms. The third-order valence-electron chi connectivity index (χ3n) is 4.63. The van der Waals surface area contributed by atoms with Crippen LogP contribution in [0.5, 0.6) is 0 Å². The fourth-order valence-electron chi connectivity index (χ4n) is 3.41. The van der Waals surface area contributed by atoms with Gasteiger partial charge in [-0.3, -0.25) is 4.68 Å². The van der Waals surface area contributed by atoms with Crippen molar-refractivity contribution < 1.29 is 9.90 Å². The minimum absolute atomic E-state index is 0.0456. The Kier molecular flexibility index (Phi) is 4.20. The van der Waals surface area contributed by atoms with Crippen LogP contribution in [-0.4, -0.2) is 30.4 Å². The number of aryl methyl sites for hydroxylation is 1. The second-order valence-electron chi connectivity index (χ2n) is 6.43. The number of aromatic carboxylic acids is 1. The van der Waals surface area contributed by atoms with E-state index >= 15 is 0 Å². The Balaban J connectivity index is 1.90. The Morgan fingerprint density at radius 2 is 2.07 bits per heavy atom. The second kappa shape index (κ2) is 6.55. The molecule has 0 unspecified atom stereocenters. The topological polar surface area (TPSA) is 72.9 Å². The fraction of sp³-hybridized carbons (Fsp3) is 0.150. The van der Waals surface area contributed by atoms with Gasteiger partial charge in [-0.25, -0.2) is 9.78 Å². The molecule has 7 heteroatoms. The van der Waals surface area contributed by atoms with Gasteiger partial charge in [0.1, 0.15) is 5.69 Å². The monoisotopic (exact) mass is 380 g/mol. The van der Waals surface area contributed by atoms with E-state index in [1.807, 2.05) is 44.4 Å². The molecule has 0 spiro atoms. The van der Waals surface area contributed by atoms with Crippen LogP contribution in [0.15, 0.2) is 48.8 Å². The third-order valence-corrected chi connectivity index (χ3v) is 4.87. The van der Waals surface area contributed by atoms with E-state index in [9.17, 15) is 9.90 Å². The maximum Gasteiger partial charge on any atom is 0.354 e. The summed E-state index contributed by atoms with van der Waals surface area (Å²) in [5, 5.41) is 15.2. The van der Waals surface area contributed by atoms with Crippen LogP contribution in [0.3, 0.4) is 0 Å². The van der Waals surface area contributed by atoms with Gasteiger partial charge >= 0.3 is 5.97 Å². The summed E-state index contributed by atoms with van der Waals surface area (Å²) < 4.78 is 3.87. The predicted octanol–water partition coefficient (Wildman–Crippen LogP) is 4.01. The summed E-state index contributed by atoms with van der Waals surface area (Å²) >= 11 is 6.25. The number of halogens is 1. The number of hydrogen-bond acceptors (Lipinski definition) is 3. The summed E-state index contributed by atoms with van der Waals surface area (Å²) in [5.41, 5.74) is 4.81. The predicted molar refractivity (Wildman–Crippen MR) is 104 cm³/mol. The first kappa shape index (κ1) is 17.3. The van der Waals surface area contributed by atoms with Crippen LogP contribution in [-0.2, 0) is 13.5 Å². The van der Waals surface area contributed by atoms with Crippen LogP contribution < -0.4 is 0 Å². The lowest BCUT2D eigenvalue weighted by atomic mass is 10.1. The van der Waals surface area contributed by atoms with E-state index in [0.717, 1.165) is 27.8 Å². The molecule has 0 saturated heterocycles. The van der Waals surface area contributed by atoms with Crippen molar-refractivity contribution in [2.75, 3.05) is 0 Å². The van der Waals surface area contributed by atoms with Crippen molar-refractivity contribution >= 4 is 28.5 Å². The summed E-state index contributed by atoms with van der Waals surface area (Å²) in [6.07, 6.45) is 4.28. The molecule has 3 heterocycles. The van der Waals surface area contributed by atoms with Crippen molar-refractivity contribution in [1.82, 2.24) is 19.3 Å². The van der Waals surface area contributed by atoms with Crippen LogP contribution in [0.4, 0.5) is 0 Å². The second-order valence-corrected chi connectivity index (χ2v) is 6.87. The van der Waals surface area contributed by atoms with E-state index in [1.165, 1.54) is 6.07 Å². The first-order valence-corrected chi connectivity index (χ1v) is 8.79. The van der Waals surface area contributed by atoms with Gasteiger partial charge in [-0.15, -0.1) is 0 Å². The van der Waals surface area contributed by atoms with Crippen LogP contribution >= 0.6 is 11.6 Å². The van der Waals surface area contributed by atoms with Gasteiger partial charge in [0.25, 0.3) is 0 Å². The first-order valence-electron chi connectivity index (χ1n) is 8.41. The van der Waals surface area contributed by atoms with Crippen LogP contribution in [0.25, 0.3) is 16.6 Å². The molecule has 0 saturated carbocycles. The molecule has 1 aromatic carbocycles. The highest BCUT2D eigenvalue weighted by atomic mass is 35.5. The molecule has 0 aliphatic heterocycles. The van der Waals surface area contributed by atoms with Crippen LogP contribution in [0.2, 0.25) is 5.02 Å². The molecule has 0 bridgehead atoms. The highest BCUT2D eigenvalue weighted by molar-refractivity contribution is 6.31. The summed E-state index contributed by atoms with van der Waals surface area (Å²) in [6.45, 7) is 2.04. The number of nitrogens with zero attached hydrogens (tertiary/aromatic N) is 4. The Labute approximate surface area is 160 Å². The number of rotatable bonds is 4. The lowest BCUT2D eigenvalue weighted by Gasteiger charge is -2.06. The molecule has 4 rings (SSSR count). The van der Waals surface area contributed by atoms with E-state index in [4.69, 9.17) is 11.6 Å². The van der Waals surface area contributed by atoms with Gasteiger partial charge in [-0.1, -0.05) is 23.7 Å². The summed E-state index contributed by atoms with van der Waals surface area (Å²) in [4.78, 5) is 15.5. The van der Waals surface area contributed by atoms with Crippen LogP contribution in [0, 0.1) is 6.92 Å². The number of hydrogen-bond donors (Lipinski definition) is 1. The number of aromatic nitrogens is 4. The van der Waals surface area contributed by atoms with E-state index in [1.54, 1.807) is 16.9 Å². The van der Waals surface area contributed by atoms with Gasteiger partial charge in [0.2, 0.25) is 0 Å². The van der Waals surface area contributed by atoms with Gasteiger partial charge in [0, 0.05) is 41.5 Å². The van der Waals surface area contributed by atoms with Gasteiger partial charge in [0.15, 0.2) is 0 Å². The summed E-state index contributed by atoms with van der Waals surface area (Å²) in [5.74, 6) is -1.03. The largest absolute Gasteiger partial charge is 0.477 e. The number of benzene rings is 1. The molecule has 4 aromatic rings. The van der Waals surface area contributed by atoms with Crippen molar-refractivity contribution in [2.45, 2.75) is 13.3 Å². The number of carboxylic acids is 1. The molecule has 3 aromatic heterocycles. The molecule has 1 N–H and O–H groups in total. The first-order chi connectivity index (χ1) is 12.9. The van der Waals surface area contributed by atoms with E-state index in [2.05, 4.69) is 14.6 Å². The lowest BCUT2D eigenvalue weighted by Crippen LogP contribution is -2.03. The van der Waals surface area contributed by atoms with Crippen molar-refractivity contribution in [3.8, 4) is 5.69 Å². The zero-order valence-corrected chi connectivity index (χ0v) is 15.6. The highest BCUT2D eigenvalue weighted by Crippen LogP contribution is 2.32. The average Bonchev–Trinajstić information content (AvgIpc) is 3.16. The van der Waals surface area contributed by atoms with Gasteiger partial charge < -0.3 is 9.67 Å². The van der Waals surface area contributed by atoms with E-state index in [-0.39, 0.29) is 5.69 Å². The molecule has 0 radical (unpaired) electrons. The Morgan fingerprint density at radius 3 is 2.78 bits per heavy atom. The normalized spacial score (nSPS) is 11.2. The van der Waals surface area contributed by atoms with E-state index in [0.29, 0.717) is 17.1 Å². The quantitative estimate of drug-likeness (QED) is 0.580. The van der Waals surface area contributed by atoms with Gasteiger partial charge in [-0.05, 0) is 36.8 Å². The molecule has 0 aliphatic carbocycles. The molecule has 136 valence electrons. The van der Waals surface area contributed by atoms with E-state index < -0.39 is 5.97 Å². The highest BCUT2D eigenvalue weighted by Gasteiger charge is 2.18. The summed E-state index contributed by atoms with van der Waals surface area (Å²) in [6, 6.07) is 10.8. The van der Waals surface area contributed by atoms with Crippen molar-refractivity contribution in [3.05, 3.63) is 76.5 Å². The molecule has 0 atom stereocenters. The maximum atomic E-state index is 11.2. The Morgan fingerprint density at radius 1 is 1.26 bits per heavy atom. The van der Waals surface area contributed by atoms with Crippen LogP contribution in [0.1, 0.15) is 27.4 Å². The summed E-state index contributed by atoms with van der Waals surface area (Å²) in [7, 11) is 1.87. The zero-order chi connectivity index (χ0) is 19.1. The molecular formula is C20H17ClN4O2. The van der Waals surface area contributed by atoms with Gasteiger partial charge in [-0.2, -0.15) is 5.10 Å². The number of fused-ring (bicyclic) bond motifs is 1. The number of carboxylic acid groups (broad SMARTS) is 1. The minimum atomic E-state index is -1.03. The lowest BCUT2D eigenvalue weighted by molar-refractivity contribution is 0.0690. The SMILES string of the molecule is Cc1c(Cc2cccc(C(=O)O)n2)c2ccc(Cl)cc2n1-c1cnn(C)c1. The number of carbonyl (C=O) groups is 1. The fourth-order valence-corrected chi connectivity index (χ4v) is 3.58. The third kappa shape index (κ3) is 3.08. The zero-order valence-electron chi connectivity index (χ0n) is 14.8. The number of pyridine rings is 1. The molecule has 6 nitrogen and oxygen atoms in total. The van der Waals surface area contributed by atoms with Crippen molar-refractivity contribution in [3.63, 3.8) is 0 Å².